The van der Waals surface area contributed by atoms with Crippen molar-refractivity contribution in [1.29, 1.82) is 0 Å². The molecule has 2 saturated heterocycles. The van der Waals surface area contributed by atoms with E-state index in [9.17, 15) is 9.59 Å². The van der Waals surface area contributed by atoms with Gasteiger partial charge in [-0.25, -0.2) is 0 Å². The Morgan fingerprint density at radius 2 is 1.79 bits per heavy atom. The van der Waals surface area contributed by atoms with Gasteiger partial charge in [-0.05, 0) is 69.7 Å². The molecule has 2 unspecified atom stereocenters. The summed E-state index contributed by atoms with van der Waals surface area (Å²) in [6, 6.07) is 9.63. The molecule has 5 heteroatoms. The number of rotatable bonds is 6. The van der Waals surface area contributed by atoms with E-state index in [1.165, 1.54) is 12.8 Å². The van der Waals surface area contributed by atoms with Crippen LogP contribution in [-0.4, -0.2) is 59.4 Å². The molecule has 2 fully saturated rings. The van der Waals surface area contributed by atoms with Crippen LogP contribution in [0.25, 0.3) is 0 Å². The molecule has 2 amide bonds. The van der Waals surface area contributed by atoms with Crippen LogP contribution < -0.4 is 5.32 Å². The van der Waals surface area contributed by atoms with Gasteiger partial charge in [-0.1, -0.05) is 39.0 Å². The number of amides is 2. The molecule has 0 bridgehead atoms. The quantitative estimate of drug-likeness (QED) is 0.796. The predicted octanol–water partition coefficient (Wildman–Crippen LogP) is 3.55. The second kappa shape index (κ2) is 9.29. The van der Waals surface area contributed by atoms with Crippen LogP contribution in [0.5, 0.6) is 0 Å². The largest absolute Gasteiger partial charge is 0.352 e. The van der Waals surface area contributed by atoms with Crippen LogP contribution in [0.1, 0.15) is 63.7 Å². The Labute approximate surface area is 175 Å². The highest BCUT2D eigenvalue weighted by Crippen LogP contribution is 2.31. The maximum atomic E-state index is 13.3. The molecule has 160 valence electrons. The van der Waals surface area contributed by atoms with Crippen molar-refractivity contribution in [3.05, 3.63) is 35.9 Å². The van der Waals surface area contributed by atoms with Gasteiger partial charge in [0.2, 0.25) is 5.91 Å². The zero-order valence-corrected chi connectivity index (χ0v) is 18.5. The summed E-state index contributed by atoms with van der Waals surface area (Å²) in [7, 11) is 0. The summed E-state index contributed by atoms with van der Waals surface area (Å²) in [6.45, 7) is 12.2. The topological polar surface area (TPSA) is 52.7 Å². The lowest BCUT2D eigenvalue weighted by Gasteiger charge is -2.40. The lowest BCUT2D eigenvalue weighted by molar-refractivity contribution is -0.130. The van der Waals surface area contributed by atoms with Crippen LogP contribution in [0, 0.1) is 11.8 Å². The van der Waals surface area contributed by atoms with E-state index in [4.69, 9.17) is 0 Å². The molecule has 5 nitrogen and oxygen atoms in total. The molecule has 0 saturated carbocycles. The highest BCUT2D eigenvalue weighted by molar-refractivity contribution is 5.99. The van der Waals surface area contributed by atoms with E-state index >= 15 is 0 Å². The second-order valence-electron chi connectivity index (χ2n) is 9.44. The molecule has 0 radical (unpaired) electrons. The third-order valence-corrected chi connectivity index (χ3v) is 6.92. The van der Waals surface area contributed by atoms with Crippen LogP contribution in [0.4, 0.5) is 0 Å². The summed E-state index contributed by atoms with van der Waals surface area (Å²) < 4.78 is 0. The molecule has 2 heterocycles. The fraction of sp³-hybridized carbons (Fsp3) is 0.667. The van der Waals surface area contributed by atoms with E-state index in [-0.39, 0.29) is 11.8 Å². The molecular formula is C24H37N3O2. The predicted molar refractivity (Wildman–Crippen MR) is 117 cm³/mol. The number of hydrogen-bond donors (Lipinski definition) is 1. The SMILES string of the molecule is CC1CCN(C(CNC(=O)C2(C)CCCN2C(=O)c2ccccc2)C(C)C)CC1. The van der Waals surface area contributed by atoms with Gasteiger partial charge in [0, 0.05) is 24.7 Å². The van der Waals surface area contributed by atoms with E-state index in [2.05, 4.69) is 31.0 Å². The monoisotopic (exact) mass is 399 g/mol. The lowest BCUT2D eigenvalue weighted by atomic mass is 9.93. The Hall–Kier alpha value is -1.88. The molecule has 0 aromatic heterocycles. The number of likely N-dealkylation sites (tertiary alicyclic amines) is 2. The summed E-state index contributed by atoms with van der Waals surface area (Å²) in [4.78, 5) is 30.6. The van der Waals surface area contributed by atoms with Crippen molar-refractivity contribution < 1.29 is 9.59 Å². The molecule has 1 aromatic carbocycles. The number of hydrogen-bond acceptors (Lipinski definition) is 3. The third kappa shape index (κ3) is 4.82. The molecular weight excluding hydrogens is 362 g/mol. The first-order chi connectivity index (χ1) is 13.8. The molecule has 2 aliphatic heterocycles. The summed E-state index contributed by atoms with van der Waals surface area (Å²) in [5.74, 6) is 1.20. The van der Waals surface area contributed by atoms with Crippen molar-refractivity contribution >= 4 is 11.8 Å². The summed E-state index contributed by atoms with van der Waals surface area (Å²) >= 11 is 0. The van der Waals surface area contributed by atoms with Crippen molar-refractivity contribution in [2.24, 2.45) is 11.8 Å². The zero-order valence-electron chi connectivity index (χ0n) is 18.5. The smallest absolute Gasteiger partial charge is 0.254 e. The standard InChI is InChI=1S/C24H37N3O2/c1-18(2)21(26-15-11-19(3)12-16-26)17-25-23(29)24(4)13-8-14-27(24)22(28)20-9-6-5-7-10-20/h5-7,9-10,18-19,21H,8,11-17H2,1-4H3,(H,25,29). The van der Waals surface area contributed by atoms with Crippen LogP contribution in [-0.2, 0) is 4.79 Å². The van der Waals surface area contributed by atoms with Crippen LogP contribution in [0.2, 0.25) is 0 Å². The van der Waals surface area contributed by atoms with Crippen LogP contribution in [0.3, 0.4) is 0 Å². The Morgan fingerprint density at radius 1 is 1.14 bits per heavy atom. The summed E-state index contributed by atoms with van der Waals surface area (Å²) in [5, 5.41) is 3.22. The van der Waals surface area contributed by atoms with Crippen molar-refractivity contribution in [3.8, 4) is 0 Å². The van der Waals surface area contributed by atoms with Gasteiger partial charge in [-0.15, -0.1) is 0 Å². The van der Waals surface area contributed by atoms with Crippen molar-refractivity contribution in [2.45, 2.75) is 65.0 Å². The Morgan fingerprint density at radius 3 is 2.41 bits per heavy atom. The molecule has 3 rings (SSSR count). The average molecular weight is 400 g/mol. The van der Waals surface area contributed by atoms with E-state index in [0.29, 0.717) is 37.0 Å². The van der Waals surface area contributed by atoms with Gasteiger partial charge in [0.1, 0.15) is 5.54 Å². The number of carbonyl (C=O) groups excluding carboxylic acids is 2. The number of carbonyl (C=O) groups is 2. The average Bonchev–Trinajstić information content (AvgIpc) is 3.12. The zero-order chi connectivity index (χ0) is 21.0. The van der Waals surface area contributed by atoms with Crippen molar-refractivity contribution in [1.82, 2.24) is 15.1 Å². The third-order valence-electron chi connectivity index (χ3n) is 6.92. The van der Waals surface area contributed by atoms with Crippen LogP contribution >= 0.6 is 0 Å². The fourth-order valence-electron chi connectivity index (χ4n) is 4.80. The molecule has 2 atom stereocenters. The van der Waals surface area contributed by atoms with Crippen molar-refractivity contribution in [3.63, 3.8) is 0 Å². The van der Waals surface area contributed by atoms with Crippen LogP contribution in [0.15, 0.2) is 30.3 Å². The fourth-order valence-corrected chi connectivity index (χ4v) is 4.80. The molecule has 0 aliphatic carbocycles. The highest BCUT2D eigenvalue weighted by Gasteiger charge is 2.46. The van der Waals surface area contributed by atoms with Gasteiger partial charge in [-0.3, -0.25) is 14.5 Å². The molecule has 0 spiro atoms. The molecule has 29 heavy (non-hydrogen) atoms. The molecule has 1 aromatic rings. The maximum absolute atomic E-state index is 13.3. The molecule has 2 aliphatic rings. The maximum Gasteiger partial charge on any atom is 0.254 e. The Kier molecular flexibility index (Phi) is 6.99. The van der Waals surface area contributed by atoms with Crippen molar-refractivity contribution in [2.75, 3.05) is 26.2 Å². The van der Waals surface area contributed by atoms with E-state index in [1.54, 1.807) is 4.90 Å². The molecule has 1 N–H and O–H groups in total. The highest BCUT2D eigenvalue weighted by atomic mass is 16.2. The normalized spacial score (nSPS) is 24.7. The van der Waals surface area contributed by atoms with Gasteiger partial charge < -0.3 is 10.2 Å². The second-order valence-corrected chi connectivity index (χ2v) is 9.44. The minimum Gasteiger partial charge on any atom is -0.352 e. The summed E-state index contributed by atoms with van der Waals surface area (Å²) in [5.41, 5.74) is -0.124. The van der Waals surface area contributed by atoms with Gasteiger partial charge in [0.15, 0.2) is 0 Å². The minimum absolute atomic E-state index is 0.0182. The number of benzene rings is 1. The van der Waals surface area contributed by atoms with E-state index < -0.39 is 5.54 Å². The first-order valence-corrected chi connectivity index (χ1v) is 11.2. The van der Waals surface area contributed by atoms with E-state index in [1.807, 2.05) is 37.3 Å². The van der Waals surface area contributed by atoms with Gasteiger partial charge in [0.05, 0.1) is 0 Å². The Balaban J connectivity index is 1.65. The van der Waals surface area contributed by atoms with Gasteiger partial charge in [0.25, 0.3) is 5.91 Å². The Bertz CT molecular complexity index is 697. The van der Waals surface area contributed by atoms with Gasteiger partial charge in [-0.2, -0.15) is 0 Å². The summed E-state index contributed by atoms with van der Waals surface area (Å²) in [6.07, 6.45) is 4.04. The minimum atomic E-state index is -0.773. The lowest BCUT2D eigenvalue weighted by Crippen LogP contribution is -2.58. The number of piperidine rings is 1. The number of nitrogens with one attached hydrogen (secondary N) is 1. The van der Waals surface area contributed by atoms with Gasteiger partial charge >= 0.3 is 0 Å². The van der Waals surface area contributed by atoms with E-state index in [0.717, 1.165) is 25.4 Å². The first kappa shape index (κ1) is 21.8. The number of nitrogens with zero attached hydrogens (tertiary/aromatic N) is 2. The first-order valence-electron chi connectivity index (χ1n) is 11.2.